The maximum Gasteiger partial charge on any atom is 0.325 e. The van der Waals surface area contributed by atoms with E-state index in [4.69, 9.17) is 21.4 Å². The van der Waals surface area contributed by atoms with Gasteiger partial charge in [0.2, 0.25) is 0 Å². The van der Waals surface area contributed by atoms with Crippen LogP contribution in [0.25, 0.3) is 0 Å². The molecule has 16 heavy (non-hydrogen) atoms. The number of carbonyl (C=O) groups is 1. The molecule has 0 saturated heterocycles. The predicted molar refractivity (Wildman–Crippen MR) is 62.5 cm³/mol. The smallest absolute Gasteiger partial charge is 0.325 e. The third-order valence-corrected chi connectivity index (χ3v) is 2.27. The number of carbonyl (C=O) groups excluding carboxylic acids is 1. The largest absolute Gasteiger partial charge is 0.465 e. The quantitative estimate of drug-likeness (QED) is 0.775. The number of benzene rings is 1. The molecule has 5 heteroatoms. The molecule has 0 bridgehead atoms. The molecule has 0 atom stereocenters. The van der Waals surface area contributed by atoms with Crippen LogP contribution >= 0.6 is 11.6 Å². The molecule has 0 heterocycles. The monoisotopic (exact) mass is 243 g/mol. The number of esters is 1. The lowest BCUT2D eigenvalue weighted by Gasteiger charge is -2.09. The third kappa shape index (κ3) is 3.72. The second kappa shape index (κ2) is 6.35. The zero-order valence-electron chi connectivity index (χ0n) is 9.00. The number of anilines is 1. The first-order valence-electron chi connectivity index (χ1n) is 4.96. The fourth-order valence-corrected chi connectivity index (χ4v) is 1.37. The van der Waals surface area contributed by atoms with Gasteiger partial charge in [-0.15, -0.1) is 0 Å². The fourth-order valence-electron chi connectivity index (χ4n) is 1.19. The average molecular weight is 244 g/mol. The van der Waals surface area contributed by atoms with Crippen LogP contribution in [0.3, 0.4) is 0 Å². The number of ether oxygens (including phenoxy) is 1. The number of hydrogen-bond acceptors (Lipinski definition) is 4. The second-order valence-corrected chi connectivity index (χ2v) is 3.54. The van der Waals surface area contributed by atoms with Gasteiger partial charge in [0, 0.05) is 0 Å². The summed E-state index contributed by atoms with van der Waals surface area (Å²) in [5.74, 6) is -0.340. The van der Waals surface area contributed by atoms with Crippen molar-refractivity contribution in [3.05, 3.63) is 28.8 Å². The minimum atomic E-state index is -0.340. The summed E-state index contributed by atoms with van der Waals surface area (Å²) in [5.41, 5.74) is 1.34. The molecule has 4 nitrogen and oxygen atoms in total. The van der Waals surface area contributed by atoms with E-state index in [-0.39, 0.29) is 19.1 Å². The highest BCUT2D eigenvalue weighted by Gasteiger charge is 2.05. The summed E-state index contributed by atoms with van der Waals surface area (Å²) < 4.78 is 4.77. The van der Waals surface area contributed by atoms with Crippen LogP contribution in [0.1, 0.15) is 12.5 Å². The van der Waals surface area contributed by atoms with Crippen LogP contribution in [0.2, 0.25) is 5.02 Å². The molecular formula is C11H14ClNO3. The Kier molecular flexibility index (Phi) is 5.08. The summed E-state index contributed by atoms with van der Waals surface area (Å²) >= 11 is 5.92. The fraction of sp³-hybridized carbons (Fsp3) is 0.364. The molecule has 1 aromatic rings. The van der Waals surface area contributed by atoms with E-state index in [0.29, 0.717) is 17.3 Å². The zero-order valence-corrected chi connectivity index (χ0v) is 9.75. The maximum atomic E-state index is 11.1. The molecule has 0 aliphatic rings. The first-order chi connectivity index (χ1) is 7.67. The van der Waals surface area contributed by atoms with Gasteiger partial charge in [0.15, 0.2) is 0 Å². The summed E-state index contributed by atoms with van der Waals surface area (Å²) in [4.78, 5) is 11.1. The van der Waals surface area contributed by atoms with Gasteiger partial charge in [0.05, 0.1) is 23.9 Å². The number of rotatable bonds is 5. The Morgan fingerprint density at radius 3 is 2.94 bits per heavy atom. The van der Waals surface area contributed by atoms with E-state index in [0.717, 1.165) is 5.56 Å². The molecule has 0 radical (unpaired) electrons. The molecule has 0 fully saturated rings. The second-order valence-electron chi connectivity index (χ2n) is 3.13. The lowest BCUT2D eigenvalue weighted by atomic mass is 10.2. The van der Waals surface area contributed by atoms with Crippen molar-refractivity contribution in [1.82, 2.24) is 0 Å². The molecule has 2 N–H and O–H groups in total. The Morgan fingerprint density at radius 1 is 1.56 bits per heavy atom. The van der Waals surface area contributed by atoms with Crippen molar-refractivity contribution < 1.29 is 14.6 Å². The van der Waals surface area contributed by atoms with Crippen molar-refractivity contribution in [2.24, 2.45) is 0 Å². The molecular weight excluding hydrogens is 230 g/mol. The van der Waals surface area contributed by atoms with E-state index in [1.807, 2.05) is 0 Å². The lowest BCUT2D eigenvalue weighted by molar-refractivity contribution is -0.140. The molecule has 1 rings (SSSR count). The van der Waals surface area contributed by atoms with Crippen molar-refractivity contribution in [3.63, 3.8) is 0 Å². The minimum Gasteiger partial charge on any atom is -0.465 e. The van der Waals surface area contributed by atoms with Gasteiger partial charge in [-0.25, -0.2) is 0 Å². The first kappa shape index (κ1) is 12.8. The Morgan fingerprint density at radius 2 is 2.31 bits per heavy atom. The Hall–Kier alpha value is -1.26. The standard InChI is InChI=1S/C11H14ClNO3/c1-2-16-11(15)6-13-10-5-8(7-14)3-4-9(10)12/h3-5,13-14H,2,6-7H2,1H3. The summed E-state index contributed by atoms with van der Waals surface area (Å²) in [5, 5.41) is 12.3. The number of hydrogen-bond donors (Lipinski definition) is 2. The SMILES string of the molecule is CCOC(=O)CNc1cc(CO)ccc1Cl. The maximum absolute atomic E-state index is 11.1. The van der Waals surface area contributed by atoms with Crippen LogP contribution in [0.5, 0.6) is 0 Å². The van der Waals surface area contributed by atoms with Crippen molar-refractivity contribution in [2.45, 2.75) is 13.5 Å². The van der Waals surface area contributed by atoms with E-state index in [9.17, 15) is 4.79 Å². The van der Waals surface area contributed by atoms with Gasteiger partial charge in [-0.2, -0.15) is 0 Å². The van der Waals surface area contributed by atoms with Crippen LogP contribution in [0, 0.1) is 0 Å². The normalized spacial score (nSPS) is 9.94. The van der Waals surface area contributed by atoms with E-state index < -0.39 is 0 Å². The molecule has 88 valence electrons. The van der Waals surface area contributed by atoms with Gasteiger partial charge in [-0.05, 0) is 24.6 Å². The third-order valence-electron chi connectivity index (χ3n) is 1.94. The van der Waals surface area contributed by atoms with Crippen LogP contribution < -0.4 is 5.32 Å². The summed E-state index contributed by atoms with van der Waals surface area (Å²) in [6, 6.07) is 5.08. The molecule has 0 amide bonds. The molecule has 0 spiro atoms. The summed E-state index contributed by atoms with van der Waals surface area (Å²) in [6.45, 7) is 2.09. The lowest BCUT2D eigenvalue weighted by Crippen LogP contribution is -2.16. The molecule has 0 aliphatic heterocycles. The van der Waals surface area contributed by atoms with E-state index >= 15 is 0 Å². The number of halogens is 1. The first-order valence-corrected chi connectivity index (χ1v) is 5.34. The highest BCUT2D eigenvalue weighted by molar-refractivity contribution is 6.33. The highest BCUT2D eigenvalue weighted by atomic mass is 35.5. The van der Waals surface area contributed by atoms with Gasteiger partial charge in [-0.1, -0.05) is 17.7 Å². The number of nitrogens with one attached hydrogen (secondary N) is 1. The van der Waals surface area contributed by atoms with Crippen LogP contribution in [-0.4, -0.2) is 24.2 Å². The van der Waals surface area contributed by atoms with Crippen LogP contribution in [0.15, 0.2) is 18.2 Å². The summed E-state index contributed by atoms with van der Waals surface area (Å²) in [6.07, 6.45) is 0. The van der Waals surface area contributed by atoms with Gasteiger partial charge in [-0.3, -0.25) is 4.79 Å². The van der Waals surface area contributed by atoms with E-state index in [1.54, 1.807) is 25.1 Å². The van der Waals surface area contributed by atoms with Crippen LogP contribution in [-0.2, 0) is 16.1 Å². The zero-order chi connectivity index (χ0) is 12.0. The molecule has 0 saturated carbocycles. The molecule has 0 aliphatic carbocycles. The van der Waals surface area contributed by atoms with Gasteiger partial charge in [0.1, 0.15) is 6.54 Å². The number of aliphatic hydroxyl groups excluding tert-OH is 1. The molecule has 0 aromatic heterocycles. The van der Waals surface area contributed by atoms with Crippen LogP contribution in [0.4, 0.5) is 5.69 Å². The topological polar surface area (TPSA) is 58.6 Å². The Bertz CT molecular complexity index is 368. The summed E-state index contributed by atoms with van der Waals surface area (Å²) in [7, 11) is 0. The van der Waals surface area contributed by atoms with Crippen molar-refractivity contribution in [1.29, 1.82) is 0 Å². The van der Waals surface area contributed by atoms with E-state index in [2.05, 4.69) is 5.32 Å². The van der Waals surface area contributed by atoms with Gasteiger partial charge in [0.25, 0.3) is 0 Å². The average Bonchev–Trinajstić information content (AvgIpc) is 2.28. The van der Waals surface area contributed by atoms with Crippen molar-refractivity contribution >= 4 is 23.3 Å². The van der Waals surface area contributed by atoms with Gasteiger partial charge < -0.3 is 15.2 Å². The van der Waals surface area contributed by atoms with Crippen molar-refractivity contribution in [3.8, 4) is 0 Å². The number of aliphatic hydroxyl groups is 1. The molecule has 1 aromatic carbocycles. The Labute approximate surface area is 99.2 Å². The van der Waals surface area contributed by atoms with Gasteiger partial charge >= 0.3 is 5.97 Å². The van der Waals surface area contributed by atoms with Crippen molar-refractivity contribution in [2.75, 3.05) is 18.5 Å². The predicted octanol–water partition coefficient (Wildman–Crippen LogP) is 1.81. The highest BCUT2D eigenvalue weighted by Crippen LogP contribution is 2.22. The minimum absolute atomic E-state index is 0.0580. The van der Waals surface area contributed by atoms with E-state index in [1.165, 1.54) is 0 Å². The molecule has 0 unspecified atom stereocenters. The Balaban J connectivity index is 2.62.